The van der Waals surface area contributed by atoms with Gasteiger partial charge in [0.25, 0.3) is 0 Å². The molecule has 0 aliphatic carbocycles. The number of rotatable bonds is 0. The fourth-order valence-electron chi connectivity index (χ4n) is 0. The summed E-state index contributed by atoms with van der Waals surface area (Å²) >= 11 is 0. The molecule has 0 amide bonds. The van der Waals surface area contributed by atoms with Gasteiger partial charge in [0.05, 0.1) is 0 Å². The standard InChI is InChI=1S/2FH.2O.3Zn/h2*1H;;;;;/q;;2*-2;3*+2. The first-order valence-corrected chi connectivity index (χ1v) is 0. The molecule has 0 fully saturated rings. The molecule has 0 bridgehead atoms. The monoisotopic (exact) mass is 264 g/mol. The van der Waals surface area contributed by atoms with Crippen molar-refractivity contribution < 1.29 is 78.8 Å². The Bertz CT molecular complexity index is 10.9. The maximum Gasteiger partial charge on any atom is 2.00 e. The average Bonchev–Trinajstić information content (AvgIpc) is 0. The Labute approximate surface area is 78.4 Å². The SMILES string of the molecule is F.F.[O-2].[O-2].[Zn+2].[Zn+2].[Zn+2]. The van der Waals surface area contributed by atoms with Gasteiger partial charge in [-0.1, -0.05) is 0 Å². The summed E-state index contributed by atoms with van der Waals surface area (Å²) < 4.78 is 0. The maximum absolute atomic E-state index is 0. The quantitative estimate of drug-likeness (QED) is 0.558. The van der Waals surface area contributed by atoms with Crippen molar-refractivity contribution in [3.05, 3.63) is 0 Å². The van der Waals surface area contributed by atoms with E-state index in [0.717, 1.165) is 0 Å². The minimum absolute atomic E-state index is 0. The van der Waals surface area contributed by atoms with E-state index in [-0.39, 0.29) is 78.8 Å². The molecule has 0 N–H and O–H groups in total. The van der Waals surface area contributed by atoms with Gasteiger partial charge in [-0.15, -0.1) is 0 Å². The van der Waals surface area contributed by atoms with E-state index in [1.54, 1.807) is 0 Å². The van der Waals surface area contributed by atoms with Crippen molar-refractivity contribution in [3.8, 4) is 0 Å². The minimum atomic E-state index is 0. The van der Waals surface area contributed by atoms with Crippen molar-refractivity contribution in [1.82, 2.24) is 0 Å². The zero-order chi connectivity index (χ0) is 0. The minimum Gasteiger partial charge on any atom is -2.00 e. The summed E-state index contributed by atoms with van der Waals surface area (Å²) in [5.74, 6) is 0. The van der Waals surface area contributed by atoms with Gasteiger partial charge < -0.3 is 11.0 Å². The molecule has 7 heteroatoms. The van der Waals surface area contributed by atoms with Gasteiger partial charge >= 0.3 is 58.4 Å². The largest absolute Gasteiger partial charge is 2.00 e. The Kier molecular flexibility index (Phi) is 3300. The van der Waals surface area contributed by atoms with Gasteiger partial charge in [-0.05, 0) is 0 Å². The Balaban J connectivity index is 0. The predicted octanol–water partition coefficient (Wildman–Crippen LogP) is 0.0599. The second-order valence-electron chi connectivity index (χ2n) is 0. The van der Waals surface area contributed by atoms with Crippen LogP contribution in [0.25, 0.3) is 0 Å². The fourth-order valence-corrected chi connectivity index (χ4v) is 0. The summed E-state index contributed by atoms with van der Waals surface area (Å²) in [7, 11) is 0. The average molecular weight is 268 g/mol. The molecule has 0 saturated carbocycles. The van der Waals surface area contributed by atoms with Gasteiger partial charge in [0.15, 0.2) is 0 Å². The first-order valence-electron chi connectivity index (χ1n) is 0. The van der Waals surface area contributed by atoms with Crippen LogP contribution in [-0.4, -0.2) is 0 Å². The van der Waals surface area contributed by atoms with Crippen molar-refractivity contribution >= 4 is 0 Å². The summed E-state index contributed by atoms with van der Waals surface area (Å²) in [6.07, 6.45) is 0. The molecule has 0 unspecified atom stereocenters. The van der Waals surface area contributed by atoms with Crippen LogP contribution in [0.2, 0.25) is 0 Å². The topological polar surface area (TPSA) is 57.0 Å². The molecule has 0 rings (SSSR count). The Morgan fingerprint density at radius 2 is 0.429 bits per heavy atom. The molecule has 0 aliphatic rings. The molecule has 0 saturated heterocycles. The third kappa shape index (κ3) is 89.7. The van der Waals surface area contributed by atoms with E-state index >= 15 is 0 Å². The van der Waals surface area contributed by atoms with E-state index in [2.05, 4.69) is 0 Å². The molecule has 0 atom stereocenters. The molecule has 0 spiro atoms. The Morgan fingerprint density at radius 1 is 0.429 bits per heavy atom. The first kappa shape index (κ1) is 186. The van der Waals surface area contributed by atoms with E-state index in [0.29, 0.717) is 0 Å². The molecule has 0 radical (unpaired) electrons. The summed E-state index contributed by atoms with van der Waals surface area (Å²) in [5.41, 5.74) is 0. The smallest absolute Gasteiger partial charge is 2.00 e. The van der Waals surface area contributed by atoms with E-state index in [1.807, 2.05) is 0 Å². The number of hydrogen-bond donors (Lipinski definition) is 0. The van der Waals surface area contributed by atoms with E-state index in [1.165, 1.54) is 0 Å². The van der Waals surface area contributed by atoms with Crippen LogP contribution in [0.1, 0.15) is 0 Å². The van der Waals surface area contributed by atoms with E-state index in [4.69, 9.17) is 0 Å². The Morgan fingerprint density at radius 3 is 0.429 bits per heavy atom. The molecular formula is H2F2O2Zn3+2. The molecule has 32 valence electrons. The zero-order valence-electron chi connectivity index (χ0n) is 3.75. The van der Waals surface area contributed by atoms with E-state index in [9.17, 15) is 0 Å². The second kappa shape index (κ2) is 124. The second-order valence-corrected chi connectivity index (χ2v) is 0. The predicted molar refractivity (Wildman–Crippen MR) is 6.38 cm³/mol. The third-order valence-corrected chi connectivity index (χ3v) is 0. The molecule has 7 heavy (non-hydrogen) atoms. The van der Waals surface area contributed by atoms with Crippen LogP contribution in [0.15, 0.2) is 0 Å². The van der Waals surface area contributed by atoms with Crippen LogP contribution in [0, 0.1) is 0 Å². The molecular weight excluding hydrogens is 266 g/mol. The van der Waals surface area contributed by atoms with Crippen LogP contribution in [0.3, 0.4) is 0 Å². The number of halogens is 2. The third-order valence-electron chi connectivity index (χ3n) is 0. The van der Waals surface area contributed by atoms with Crippen molar-refractivity contribution in [1.29, 1.82) is 0 Å². The first-order chi connectivity index (χ1) is 0. The van der Waals surface area contributed by atoms with Gasteiger partial charge in [-0.2, -0.15) is 0 Å². The maximum atomic E-state index is 0. The normalized spacial score (nSPS) is 0. The number of hydrogen-bond acceptors (Lipinski definition) is 0. The van der Waals surface area contributed by atoms with Crippen LogP contribution < -0.4 is 0 Å². The van der Waals surface area contributed by atoms with Gasteiger partial charge in [0, 0.05) is 0 Å². The molecule has 2 nitrogen and oxygen atoms in total. The van der Waals surface area contributed by atoms with Gasteiger partial charge in [-0.3, -0.25) is 9.41 Å². The van der Waals surface area contributed by atoms with Crippen LogP contribution in [-0.2, 0) is 69.4 Å². The molecule has 0 aromatic carbocycles. The van der Waals surface area contributed by atoms with Gasteiger partial charge in [0.1, 0.15) is 0 Å². The van der Waals surface area contributed by atoms with Crippen molar-refractivity contribution in [2.24, 2.45) is 0 Å². The Hall–Kier alpha value is 1.65. The molecule has 0 aromatic rings. The fraction of sp³-hybridized carbons (Fsp3) is 0. The van der Waals surface area contributed by atoms with Gasteiger partial charge in [0.2, 0.25) is 0 Å². The van der Waals surface area contributed by atoms with Crippen LogP contribution in [0.4, 0.5) is 9.41 Å². The summed E-state index contributed by atoms with van der Waals surface area (Å²) in [6.45, 7) is 0. The van der Waals surface area contributed by atoms with E-state index < -0.39 is 0 Å². The molecule has 0 heterocycles. The van der Waals surface area contributed by atoms with Gasteiger partial charge in [-0.25, -0.2) is 0 Å². The summed E-state index contributed by atoms with van der Waals surface area (Å²) in [4.78, 5) is 0. The van der Waals surface area contributed by atoms with Crippen molar-refractivity contribution in [3.63, 3.8) is 0 Å². The van der Waals surface area contributed by atoms with Crippen molar-refractivity contribution in [2.75, 3.05) is 0 Å². The van der Waals surface area contributed by atoms with Crippen LogP contribution >= 0.6 is 0 Å². The summed E-state index contributed by atoms with van der Waals surface area (Å²) in [6, 6.07) is 0. The molecule has 0 aliphatic heterocycles. The zero-order valence-corrected chi connectivity index (χ0v) is 12.7. The van der Waals surface area contributed by atoms with Crippen LogP contribution in [0.5, 0.6) is 0 Å². The van der Waals surface area contributed by atoms with Crippen molar-refractivity contribution in [2.45, 2.75) is 0 Å². The summed E-state index contributed by atoms with van der Waals surface area (Å²) in [5, 5.41) is 0. The molecule has 0 aromatic heterocycles.